The number of rotatable bonds is 3. The molecule has 0 spiro atoms. The number of hydrogen-bond acceptors (Lipinski definition) is 4. The van der Waals surface area contributed by atoms with Crippen molar-refractivity contribution in [2.24, 2.45) is 4.99 Å². The molecule has 7 heteroatoms. The summed E-state index contributed by atoms with van der Waals surface area (Å²) in [5.41, 5.74) is 1.41. The lowest BCUT2D eigenvalue weighted by molar-refractivity contribution is -0.115. The Bertz CT molecular complexity index is 745. The fourth-order valence-electron chi connectivity index (χ4n) is 2.02. The molecule has 5 nitrogen and oxygen atoms in total. The third-order valence-corrected chi connectivity index (χ3v) is 4.64. The van der Waals surface area contributed by atoms with Crippen LogP contribution in [0.3, 0.4) is 0 Å². The van der Waals surface area contributed by atoms with Gasteiger partial charge in [0, 0.05) is 0 Å². The zero-order valence-electron chi connectivity index (χ0n) is 11.4. The molecule has 3 rings (SSSR count). The van der Waals surface area contributed by atoms with Crippen LogP contribution in [0.4, 0.5) is 11.4 Å². The maximum absolute atomic E-state index is 12.1. The smallest absolute Gasteiger partial charge is 0.243 e. The molecule has 0 bridgehead atoms. The van der Waals surface area contributed by atoms with Crippen LogP contribution in [0.25, 0.3) is 0 Å². The first kappa shape index (κ1) is 15.0. The van der Waals surface area contributed by atoms with E-state index in [2.05, 4.69) is 4.99 Å². The third kappa shape index (κ3) is 3.11. The Morgan fingerprint density at radius 1 is 1.09 bits per heavy atom. The van der Waals surface area contributed by atoms with Crippen molar-refractivity contribution in [3.05, 3.63) is 54.6 Å². The molecule has 2 aromatic carbocycles. The van der Waals surface area contributed by atoms with Crippen molar-refractivity contribution in [2.45, 2.75) is 4.90 Å². The number of anilines is 1. The summed E-state index contributed by atoms with van der Waals surface area (Å²) >= 11 is -0.626. The molecule has 1 atom stereocenters. The topological polar surface area (TPSA) is 70.0 Å². The highest BCUT2D eigenvalue weighted by Crippen LogP contribution is 2.28. The molecule has 1 heterocycles. The number of carbonyl (C=O) groups is 1. The summed E-state index contributed by atoms with van der Waals surface area (Å²) < 4.78 is 20.0. The monoisotopic (exact) mass is 332 g/mol. The van der Waals surface area contributed by atoms with Gasteiger partial charge in [0.25, 0.3) is 0 Å². The Labute approximate surface area is 134 Å². The summed E-state index contributed by atoms with van der Waals surface area (Å²) in [6.45, 7) is 0. The standard InChI is InChI=1S/C15H12N2O3S2/c18-14-10-21-15(17(14)12-4-2-1-3-5-12)16-11-6-8-13(9-7-11)22(19)20/h1-9H,10H2,(H,19,20). The number of amides is 1. The molecule has 0 aliphatic carbocycles. The minimum absolute atomic E-state index is 0.0111. The van der Waals surface area contributed by atoms with Gasteiger partial charge < -0.3 is 4.55 Å². The first-order valence-electron chi connectivity index (χ1n) is 6.45. The number of hydrogen-bond donors (Lipinski definition) is 1. The SMILES string of the molecule is O=C1CSC(=Nc2ccc(S(=O)O)cc2)N1c1ccccc1. The molecule has 1 saturated heterocycles. The summed E-state index contributed by atoms with van der Waals surface area (Å²) in [6.07, 6.45) is 0. The lowest BCUT2D eigenvalue weighted by Gasteiger charge is -2.15. The molecule has 1 amide bonds. The van der Waals surface area contributed by atoms with Crippen molar-refractivity contribution in [3.63, 3.8) is 0 Å². The highest BCUT2D eigenvalue weighted by molar-refractivity contribution is 8.15. The van der Waals surface area contributed by atoms with Crippen LogP contribution in [0.1, 0.15) is 0 Å². The van der Waals surface area contributed by atoms with Crippen LogP contribution in [-0.4, -0.2) is 25.6 Å². The molecular weight excluding hydrogens is 320 g/mol. The second kappa shape index (κ2) is 6.43. The highest BCUT2D eigenvalue weighted by atomic mass is 32.2. The molecule has 1 unspecified atom stereocenters. The van der Waals surface area contributed by atoms with Gasteiger partial charge in [0.15, 0.2) is 16.2 Å². The fraction of sp³-hybridized carbons (Fsp3) is 0.0667. The number of amidine groups is 1. The van der Waals surface area contributed by atoms with Gasteiger partial charge in [-0.05, 0) is 36.4 Å². The van der Waals surface area contributed by atoms with E-state index in [1.807, 2.05) is 30.3 Å². The summed E-state index contributed by atoms with van der Waals surface area (Å²) in [5, 5.41) is 0.606. The van der Waals surface area contributed by atoms with Crippen LogP contribution in [0, 0.1) is 0 Å². The van der Waals surface area contributed by atoms with Crippen molar-refractivity contribution in [3.8, 4) is 0 Å². The van der Waals surface area contributed by atoms with Crippen LogP contribution >= 0.6 is 11.8 Å². The number of thioether (sulfide) groups is 1. The van der Waals surface area contributed by atoms with E-state index in [1.165, 1.54) is 11.8 Å². The average Bonchev–Trinajstić information content (AvgIpc) is 2.89. The summed E-state index contributed by atoms with van der Waals surface area (Å²) in [4.78, 5) is 18.4. The van der Waals surface area contributed by atoms with Crippen molar-refractivity contribution >= 4 is 45.3 Å². The summed E-state index contributed by atoms with van der Waals surface area (Å²) in [6, 6.07) is 15.7. The molecule has 0 radical (unpaired) electrons. The number of aliphatic imine (C=N–C) groups is 1. The van der Waals surface area contributed by atoms with Gasteiger partial charge in [0.2, 0.25) is 5.91 Å². The maximum Gasteiger partial charge on any atom is 0.243 e. The van der Waals surface area contributed by atoms with E-state index < -0.39 is 11.1 Å². The van der Waals surface area contributed by atoms with Crippen LogP contribution in [0.5, 0.6) is 0 Å². The van der Waals surface area contributed by atoms with Gasteiger partial charge in [-0.1, -0.05) is 30.0 Å². The number of para-hydroxylation sites is 1. The van der Waals surface area contributed by atoms with E-state index in [-0.39, 0.29) is 5.91 Å². The molecule has 2 aromatic rings. The van der Waals surface area contributed by atoms with Gasteiger partial charge >= 0.3 is 0 Å². The van der Waals surface area contributed by atoms with E-state index >= 15 is 0 Å². The van der Waals surface area contributed by atoms with Gasteiger partial charge in [-0.3, -0.25) is 9.69 Å². The number of benzene rings is 2. The Balaban J connectivity index is 1.92. The van der Waals surface area contributed by atoms with E-state index in [9.17, 15) is 9.00 Å². The summed E-state index contributed by atoms with van der Waals surface area (Å²) in [5.74, 6) is 0.343. The molecule has 1 aliphatic rings. The summed E-state index contributed by atoms with van der Waals surface area (Å²) in [7, 11) is 0. The van der Waals surface area contributed by atoms with Crippen LogP contribution < -0.4 is 4.90 Å². The van der Waals surface area contributed by atoms with Gasteiger partial charge in [0.1, 0.15) is 0 Å². The van der Waals surface area contributed by atoms with Crippen LogP contribution in [0.2, 0.25) is 0 Å². The molecule has 1 aliphatic heterocycles. The fourth-order valence-corrected chi connectivity index (χ4v) is 3.28. The van der Waals surface area contributed by atoms with Crippen molar-refractivity contribution in [1.82, 2.24) is 0 Å². The zero-order chi connectivity index (χ0) is 15.5. The van der Waals surface area contributed by atoms with E-state index in [0.29, 0.717) is 21.5 Å². The largest absolute Gasteiger partial charge is 0.302 e. The van der Waals surface area contributed by atoms with Crippen LogP contribution in [0.15, 0.2) is 64.5 Å². The highest BCUT2D eigenvalue weighted by Gasteiger charge is 2.29. The van der Waals surface area contributed by atoms with Crippen molar-refractivity contribution < 1.29 is 13.6 Å². The molecule has 1 N–H and O–H groups in total. The number of nitrogens with zero attached hydrogens (tertiary/aromatic N) is 2. The van der Waals surface area contributed by atoms with Gasteiger partial charge in [-0.25, -0.2) is 9.20 Å². The van der Waals surface area contributed by atoms with Crippen molar-refractivity contribution in [2.75, 3.05) is 10.7 Å². The second-order valence-electron chi connectivity index (χ2n) is 4.49. The maximum atomic E-state index is 12.1. The molecule has 0 aromatic heterocycles. The Hall–Kier alpha value is -1.96. The molecule has 112 valence electrons. The predicted octanol–water partition coefficient (Wildman–Crippen LogP) is 3.03. The second-order valence-corrected chi connectivity index (χ2v) is 6.40. The lowest BCUT2D eigenvalue weighted by Crippen LogP contribution is -2.28. The first-order chi connectivity index (χ1) is 10.6. The van der Waals surface area contributed by atoms with Gasteiger partial charge in [-0.2, -0.15) is 0 Å². The van der Waals surface area contributed by atoms with Crippen molar-refractivity contribution in [1.29, 1.82) is 0 Å². The Kier molecular flexibility index (Phi) is 4.37. The predicted molar refractivity (Wildman–Crippen MR) is 89.0 cm³/mol. The van der Waals surface area contributed by atoms with Gasteiger partial charge in [-0.15, -0.1) is 0 Å². The van der Waals surface area contributed by atoms with E-state index in [0.717, 1.165) is 5.69 Å². The quantitative estimate of drug-likeness (QED) is 0.877. The van der Waals surface area contributed by atoms with Gasteiger partial charge in [0.05, 0.1) is 22.0 Å². The molecule has 22 heavy (non-hydrogen) atoms. The zero-order valence-corrected chi connectivity index (χ0v) is 13.0. The molecule has 1 fully saturated rings. The normalized spacial score (nSPS) is 18.0. The third-order valence-electron chi connectivity index (χ3n) is 3.04. The minimum atomic E-state index is -2.00. The Morgan fingerprint density at radius 3 is 2.41 bits per heavy atom. The average molecular weight is 332 g/mol. The molecular formula is C15H12N2O3S2. The molecule has 0 saturated carbocycles. The first-order valence-corrected chi connectivity index (χ1v) is 8.55. The van der Waals surface area contributed by atoms with E-state index in [1.54, 1.807) is 29.2 Å². The minimum Gasteiger partial charge on any atom is -0.302 e. The van der Waals surface area contributed by atoms with E-state index in [4.69, 9.17) is 4.55 Å². The number of carbonyl (C=O) groups excluding carboxylic acids is 1. The van der Waals surface area contributed by atoms with Crippen LogP contribution in [-0.2, 0) is 15.9 Å². The lowest BCUT2D eigenvalue weighted by atomic mass is 10.3. The Morgan fingerprint density at radius 2 is 1.77 bits per heavy atom.